The van der Waals surface area contributed by atoms with Gasteiger partial charge in [0.15, 0.2) is 0 Å². The molecule has 1 N–H and O–H groups in total. The molecule has 0 aliphatic heterocycles. The SMILES string of the molecule is CCN(CC)C(=O)C1CCc2[nH]c3ccc(Cl)cc3c2C1. The van der Waals surface area contributed by atoms with Gasteiger partial charge in [0.1, 0.15) is 0 Å². The maximum atomic E-state index is 12.6. The molecule has 2 aromatic rings. The molecule has 1 aliphatic rings. The van der Waals surface area contributed by atoms with Crippen LogP contribution in [-0.2, 0) is 17.6 Å². The Morgan fingerprint density at radius 2 is 2.14 bits per heavy atom. The number of nitrogens with one attached hydrogen (secondary N) is 1. The Balaban J connectivity index is 1.92. The van der Waals surface area contributed by atoms with Gasteiger partial charge >= 0.3 is 0 Å². The lowest BCUT2D eigenvalue weighted by Crippen LogP contribution is -2.38. The topological polar surface area (TPSA) is 36.1 Å². The molecule has 0 bridgehead atoms. The predicted octanol–water partition coefficient (Wildman–Crippen LogP) is 3.79. The number of carbonyl (C=O) groups is 1. The van der Waals surface area contributed by atoms with Gasteiger partial charge < -0.3 is 9.88 Å². The number of amides is 1. The van der Waals surface area contributed by atoms with Gasteiger partial charge in [-0.3, -0.25) is 4.79 Å². The van der Waals surface area contributed by atoms with Crippen molar-refractivity contribution in [2.45, 2.75) is 33.1 Å². The molecule has 3 rings (SSSR count). The summed E-state index contributed by atoms with van der Waals surface area (Å²) in [4.78, 5) is 18.0. The van der Waals surface area contributed by atoms with Crippen LogP contribution in [0, 0.1) is 5.92 Å². The minimum absolute atomic E-state index is 0.107. The Kier molecular flexibility index (Phi) is 3.94. The van der Waals surface area contributed by atoms with Crippen molar-refractivity contribution >= 4 is 28.4 Å². The van der Waals surface area contributed by atoms with Gasteiger partial charge in [0.25, 0.3) is 0 Å². The summed E-state index contributed by atoms with van der Waals surface area (Å²) in [5.74, 6) is 0.400. The lowest BCUT2D eigenvalue weighted by Gasteiger charge is -2.27. The number of aryl methyl sites for hydroxylation is 1. The summed E-state index contributed by atoms with van der Waals surface area (Å²) in [5, 5.41) is 1.93. The van der Waals surface area contributed by atoms with E-state index in [0.717, 1.165) is 42.9 Å². The summed E-state index contributed by atoms with van der Waals surface area (Å²) in [6.07, 6.45) is 2.70. The largest absolute Gasteiger partial charge is 0.358 e. The van der Waals surface area contributed by atoms with Gasteiger partial charge in [-0.25, -0.2) is 0 Å². The Hall–Kier alpha value is -1.48. The van der Waals surface area contributed by atoms with Crippen LogP contribution in [0.15, 0.2) is 18.2 Å². The molecule has 1 aliphatic carbocycles. The molecule has 1 unspecified atom stereocenters. The number of rotatable bonds is 3. The molecule has 4 heteroatoms. The van der Waals surface area contributed by atoms with Crippen molar-refractivity contribution in [2.24, 2.45) is 5.92 Å². The summed E-state index contributed by atoms with van der Waals surface area (Å²) in [7, 11) is 0. The third-order valence-electron chi connectivity index (χ3n) is 4.57. The smallest absolute Gasteiger partial charge is 0.226 e. The van der Waals surface area contributed by atoms with E-state index in [-0.39, 0.29) is 5.92 Å². The average molecular weight is 305 g/mol. The van der Waals surface area contributed by atoms with E-state index in [9.17, 15) is 4.79 Å². The zero-order valence-corrected chi connectivity index (χ0v) is 13.3. The minimum Gasteiger partial charge on any atom is -0.358 e. The Morgan fingerprint density at radius 1 is 1.38 bits per heavy atom. The molecule has 0 fully saturated rings. The normalized spacial score (nSPS) is 17.8. The van der Waals surface area contributed by atoms with Gasteiger partial charge in [-0.15, -0.1) is 0 Å². The summed E-state index contributed by atoms with van der Waals surface area (Å²) >= 11 is 6.12. The first kappa shape index (κ1) is 14.5. The number of H-pyrrole nitrogens is 1. The van der Waals surface area contributed by atoms with Crippen molar-refractivity contribution in [1.29, 1.82) is 0 Å². The highest BCUT2D eigenvalue weighted by Crippen LogP contribution is 2.33. The van der Waals surface area contributed by atoms with E-state index >= 15 is 0 Å². The van der Waals surface area contributed by atoms with Crippen LogP contribution in [-0.4, -0.2) is 28.9 Å². The molecule has 1 aromatic carbocycles. The highest BCUT2D eigenvalue weighted by Gasteiger charge is 2.29. The van der Waals surface area contributed by atoms with Crippen LogP contribution < -0.4 is 0 Å². The van der Waals surface area contributed by atoms with Crippen LogP contribution in [0.3, 0.4) is 0 Å². The number of hydrogen-bond acceptors (Lipinski definition) is 1. The number of hydrogen-bond donors (Lipinski definition) is 1. The highest BCUT2D eigenvalue weighted by atomic mass is 35.5. The number of fused-ring (bicyclic) bond motifs is 3. The van der Waals surface area contributed by atoms with E-state index in [4.69, 9.17) is 11.6 Å². The third-order valence-corrected chi connectivity index (χ3v) is 4.81. The zero-order chi connectivity index (χ0) is 15.0. The van der Waals surface area contributed by atoms with E-state index in [1.54, 1.807) is 0 Å². The van der Waals surface area contributed by atoms with Crippen molar-refractivity contribution in [3.63, 3.8) is 0 Å². The number of carbonyl (C=O) groups excluding carboxylic acids is 1. The standard InChI is InChI=1S/C17H21ClN2O/c1-3-20(4-2)17(21)11-5-7-15-13(9-11)14-10-12(18)6-8-16(14)19-15/h6,8,10-11,19H,3-5,7,9H2,1-2H3. The van der Waals surface area contributed by atoms with Gasteiger partial charge in [0.05, 0.1) is 0 Å². The van der Waals surface area contributed by atoms with E-state index in [0.29, 0.717) is 5.91 Å². The molecule has 0 saturated carbocycles. The molecule has 1 atom stereocenters. The van der Waals surface area contributed by atoms with E-state index in [2.05, 4.69) is 4.98 Å². The van der Waals surface area contributed by atoms with Crippen molar-refractivity contribution in [3.05, 3.63) is 34.5 Å². The Labute approximate surface area is 130 Å². The zero-order valence-electron chi connectivity index (χ0n) is 12.6. The number of nitrogens with zero attached hydrogens (tertiary/aromatic N) is 1. The summed E-state index contributed by atoms with van der Waals surface area (Å²) < 4.78 is 0. The van der Waals surface area contributed by atoms with Crippen molar-refractivity contribution in [1.82, 2.24) is 9.88 Å². The lowest BCUT2D eigenvalue weighted by atomic mass is 9.85. The van der Waals surface area contributed by atoms with Gasteiger partial charge in [-0.2, -0.15) is 0 Å². The first-order chi connectivity index (χ1) is 10.1. The third kappa shape index (κ3) is 2.55. The first-order valence-corrected chi connectivity index (χ1v) is 8.09. The van der Waals surface area contributed by atoms with Crippen LogP contribution in [0.4, 0.5) is 0 Å². The van der Waals surface area contributed by atoms with Gasteiger partial charge in [0, 0.05) is 40.6 Å². The number of halogens is 1. The first-order valence-electron chi connectivity index (χ1n) is 7.71. The fraction of sp³-hybridized carbons (Fsp3) is 0.471. The molecule has 1 amide bonds. The highest BCUT2D eigenvalue weighted by molar-refractivity contribution is 6.31. The van der Waals surface area contributed by atoms with Crippen LogP contribution in [0.2, 0.25) is 5.02 Å². The maximum Gasteiger partial charge on any atom is 0.226 e. The van der Waals surface area contributed by atoms with Crippen molar-refractivity contribution < 1.29 is 4.79 Å². The van der Waals surface area contributed by atoms with Crippen molar-refractivity contribution in [3.8, 4) is 0 Å². The fourth-order valence-corrected chi connectivity index (χ4v) is 3.57. The van der Waals surface area contributed by atoms with E-state index < -0.39 is 0 Å². The van der Waals surface area contributed by atoms with Crippen LogP contribution in [0.25, 0.3) is 10.9 Å². The molecule has 1 heterocycles. The van der Waals surface area contributed by atoms with E-state index in [1.807, 2.05) is 36.9 Å². The molecular weight excluding hydrogens is 284 g/mol. The molecule has 0 spiro atoms. The Bertz CT molecular complexity index is 673. The van der Waals surface area contributed by atoms with Crippen LogP contribution >= 0.6 is 11.6 Å². The number of aromatic nitrogens is 1. The molecule has 0 saturated heterocycles. The minimum atomic E-state index is 0.107. The summed E-state index contributed by atoms with van der Waals surface area (Å²) in [5.41, 5.74) is 3.68. The Morgan fingerprint density at radius 3 is 2.86 bits per heavy atom. The van der Waals surface area contributed by atoms with Crippen LogP contribution in [0.1, 0.15) is 31.5 Å². The molecule has 0 radical (unpaired) electrons. The summed E-state index contributed by atoms with van der Waals surface area (Å²) in [6.45, 7) is 5.67. The summed E-state index contributed by atoms with van der Waals surface area (Å²) in [6, 6.07) is 5.94. The second-order valence-corrected chi connectivity index (χ2v) is 6.16. The monoisotopic (exact) mass is 304 g/mol. The molecule has 3 nitrogen and oxygen atoms in total. The number of aromatic amines is 1. The second kappa shape index (κ2) is 5.72. The quantitative estimate of drug-likeness (QED) is 0.920. The molecule has 1 aromatic heterocycles. The average Bonchev–Trinajstić information content (AvgIpc) is 2.85. The fourth-order valence-electron chi connectivity index (χ4n) is 3.39. The maximum absolute atomic E-state index is 12.6. The van der Waals surface area contributed by atoms with Crippen LogP contribution in [0.5, 0.6) is 0 Å². The second-order valence-electron chi connectivity index (χ2n) is 5.72. The number of benzene rings is 1. The van der Waals surface area contributed by atoms with Gasteiger partial charge in [-0.05, 0) is 56.9 Å². The van der Waals surface area contributed by atoms with Crippen molar-refractivity contribution in [2.75, 3.05) is 13.1 Å². The molecular formula is C17H21ClN2O. The van der Waals surface area contributed by atoms with Gasteiger partial charge in [-0.1, -0.05) is 11.6 Å². The molecule has 21 heavy (non-hydrogen) atoms. The predicted molar refractivity (Wildman–Crippen MR) is 86.8 cm³/mol. The van der Waals surface area contributed by atoms with E-state index in [1.165, 1.54) is 16.6 Å². The molecule has 112 valence electrons. The lowest BCUT2D eigenvalue weighted by molar-refractivity contribution is -0.135. The van der Waals surface area contributed by atoms with Gasteiger partial charge in [0.2, 0.25) is 5.91 Å².